The Hall–Kier alpha value is -0.370. The normalized spacial score (nSPS) is 47.9. The van der Waals surface area contributed by atoms with Gasteiger partial charge >= 0.3 is 0 Å². The third-order valence-corrected chi connectivity index (χ3v) is 5.03. The van der Waals surface area contributed by atoms with Gasteiger partial charge in [-0.2, -0.15) is 0 Å². The van der Waals surface area contributed by atoms with Gasteiger partial charge in [0.15, 0.2) is 0 Å². The average molecular weight is 207 g/mol. The molecule has 0 radical (unpaired) electrons. The summed E-state index contributed by atoms with van der Waals surface area (Å²) < 4.78 is 0. The van der Waals surface area contributed by atoms with E-state index in [1.807, 2.05) is 0 Å². The topological polar surface area (TPSA) is 20.3 Å². The molecule has 0 aliphatic heterocycles. The van der Waals surface area contributed by atoms with Gasteiger partial charge in [-0.25, -0.2) is 0 Å². The minimum Gasteiger partial charge on any atom is -0.309 e. The van der Waals surface area contributed by atoms with Gasteiger partial charge in [-0.15, -0.1) is 0 Å². The highest BCUT2D eigenvalue weighted by Gasteiger charge is 2.58. The molecule has 0 aromatic rings. The number of hydrogen-bond donors (Lipinski definition) is 0. The molecule has 15 heavy (non-hydrogen) atoms. The standard InChI is InChI=1S/C13H21NO/c1-14(2)7-12-10-6-11(13(12)15)9-5-3-4-8(9)10/h8-12H,3-7H2,1-2H3/t8-,9+,10-,11+,12+/m0/s1. The van der Waals surface area contributed by atoms with Gasteiger partial charge in [0.25, 0.3) is 0 Å². The van der Waals surface area contributed by atoms with E-state index in [-0.39, 0.29) is 0 Å². The molecule has 0 aromatic heterocycles. The maximum atomic E-state index is 12.2. The van der Waals surface area contributed by atoms with Gasteiger partial charge in [-0.1, -0.05) is 6.42 Å². The molecule has 3 aliphatic carbocycles. The molecule has 3 aliphatic rings. The van der Waals surface area contributed by atoms with Crippen molar-refractivity contribution < 1.29 is 4.79 Å². The van der Waals surface area contributed by atoms with E-state index in [2.05, 4.69) is 19.0 Å². The van der Waals surface area contributed by atoms with Crippen molar-refractivity contribution in [3.8, 4) is 0 Å². The number of carbonyl (C=O) groups excluding carboxylic acids is 1. The lowest BCUT2D eigenvalue weighted by Crippen LogP contribution is -2.38. The van der Waals surface area contributed by atoms with Crippen molar-refractivity contribution in [2.45, 2.75) is 25.7 Å². The number of ketones is 1. The van der Waals surface area contributed by atoms with Crippen LogP contribution in [0.25, 0.3) is 0 Å². The molecule has 0 aromatic carbocycles. The fourth-order valence-corrected chi connectivity index (χ4v) is 4.59. The van der Waals surface area contributed by atoms with Crippen LogP contribution in [0.3, 0.4) is 0 Å². The first-order valence-corrected chi connectivity index (χ1v) is 6.37. The van der Waals surface area contributed by atoms with Crippen LogP contribution in [0.1, 0.15) is 25.7 Å². The quantitative estimate of drug-likeness (QED) is 0.688. The first-order valence-electron chi connectivity index (χ1n) is 6.37. The lowest BCUT2D eigenvalue weighted by Gasteiger charge is -2.31. The van der Waals surface area contributed by atoms with E-state index < -0.39 is 0 Å². The second-order valence-corrected chi connectivity index (χ2v) is 6.04. The maximum absolute atomic E-state index is 12.2. The van der Waals surface area contributed by atoms with Gasteiger partial charge in [-0.3, -0.25) is 4.79 Å². The first-order chi connectivity index (χ1) is 7.18. The number of nitrogens with zero attached hydrogens (tertiary/aromatic N) is 1. The summed E-state index contributed by atoms with van der Waals surface area (Å²) in [5.74, 6) is 3.91. The smallest absolute Gasteiger partial charge is 0.140 e. The maximum Gasteiger partial charge on any atom is 0.140 e. The number of rotatable bonds is 2. The zero-order valence-electron chi connectivity index (χ0n) is 9.78. The summed E-state index contributed by atoms with van der Waals surface area (Å²) in [6, 6.07) is 0. The number of fused-ring (bicyclic) bond motifs is 5. The molecule has 3 saturated carbocycles. The molecule has 0 spiro atoms. The minimum absolute atomic E-state index is 0.379. The van der Waals surface area contributed by atoms with Crippen LogP contribution in [0, 0.1) is 29.6 Å². The van der Waals surface area contributed by atoms with E-state index in [0.29, 0.717) is 17.6 Å². The predicted molar refractivity (Wildman–Crippen MR) is 59.5 cm³/mol. The van der Waals surface area contributed by atoms with Crippen LogP contribution >= 0.6 is 0 Å². The van der Waals surface area contributed by atoms with Crippen LogP contribution in [0.4, 0.5) is 0 Å². The molecule has 0 amide bonds. The van der Waals surface area contributed by atoms with E-state index in [1.54, 1.807) is 0 Å². The molecule has 0 saturated heterocycles. The summed E-state index contributed by atoms with van der Waals surface area (Å²) in [5, 5.41) is 0. The van der Waals surface area contributed by atoms with Gasteiger partial charge in [0.1, 0.15) is 5.78 Å². The van der Waals surface area contributed by atoms with Crippen molar-refractivity contribution in [1.29, 1.82) is 0 Å². The highest BCUT2D eigenvalue weighted by atomic mass is 16.1. The third-order valence-electron chi connectivity index (χ3n) is 5.03. The Bertz CT molecular complexity index is 286. The van der Waals surface area contributed by atoms with E-state index in [1.165, 1.54) is 25.7 Å². The first kappa shape index (κ1) is 9.83. The van der Waals surface area contributed by atoms with E-state index in [0.717, 1.165) is 24.3 Å². The van der Waals surface area contributed by atoms with Crippen LogP contribution in [-0.4, -0.2) is 31.3 Å². The zero-order valence-corrected chi connectivity index (χ0v) is 9.78. The van der Waals surface area contributed by atoms with Gasteiger partial charge in [-0.05, 0) is 51.1 Å². The van der Waals surface area contributed by atoms with Crippen molar-refractivity contribution in [3.63, 3.8) is 0 Å². The van der Waals surface area contributed by atoms with Crippen molar-refractivity contribution in [2.75, 3.05) is 20.6 Å². The molecule has 2 heteroatoms. The molecular weight excluding hydrogens is 186 g/mol. The van der Waals surface area contributed by atoms with Crippen LogP contribution in [0.2, 0.25) is 0 Å². The Kier molecular flexibility index (Phi) is 2.17. The lowest BCUT2D eigenvalue weighted by atomic mass is 9.75. The van der Waals surface area contributed by atoms with Crippen LogP contribution < -0.4 is 0 Å². The van der Waals surface area contributed by atoms with Crippen LogP contribution in [-0.2, 0) is 4.79 Å². The number of carbonyl (C=O) groups is 1. The second-order valence-electron chi connectivity index (χ2n) is 6.04. The highest BCUT2D eigenvalue weighted by Crippen LogP contribution is 2.59. The fraction of sp³-hybridized carbons (Fsp3) is 0.923. The predicted octanol–water partition coefficient (Wildman–Crippen LogP) is 1.80. The summed E-state index contributed by atoms with van der Waals surface area (Å²) in [7, 11) is 4.18. The van der Waals surface area contributed by atoms with Crippen molar-refractivity contribution >= 4 is 5.78 Å². The largest absolute Gasteiger partial charge is 0.309 e. The Morgan fingerprint density at radius 3 is 2.67 bits per heavy atom. The number of hydrogen-bond acceptors (Lipinski definition) is 2. The van der Waals surface area contributed by atoms with Gasteiger partial charge in [0, 0.05) is 18.4 Å². The van der Waals surface area contributed by atoms with Crippen LogP contribution in [0.5, 0.6) is 0 Å². The minimum atomic E-state index is 0.379. The summed E-state index contributed by atoms with van der Waals surface area (Å²) >= 11 is 0. The van der Waals surface area contributed by atoms with E-state index in [4.69, 9.17) is 0 Å². The summed E-state index contributed by atoms with van der Waals surface area (Å²) in [6.07, 6.45) is 5.35. The van der Waals surface area contributed by atoms with Gasteiger partial charge in [0.05, 0.1) is 0 Å². The average Bonchev–Trinajstić information content (AvgIpc) is 2.77. The molecule has 0 N–H and O–H groups in total. The Morgan fingerprint density at radius 1 is 1.20 bits per heavy atom. The third kappa shape index (κ3) is 1.30. The van der Waals surface area contributed by atoms with Crippen molar-refractivity contribution in [3.05, 3.63) is 0 Å². The summed E-state index contributed by atoms with van der Waals surface area (Å²) in [5.41, 5.74) is 0. The fourth-order valence-electron chi connectivity index (χ4n) is 4.59. The van der Waals surface area contributed by atoms with Crippen LogP contribution in [0.15, 0.2) is 0 Å². The molecule has 3 fully saturated rings. The molecule has 5 atom stereocenters. The van der Waals surface area contributed by atoms with Crippen molar-refractivity contribution in [2.24, 2.45) is 29.6 Å². The summed E-state index contributed by atoms with van der Waals surface area (Å²) in [6.45, 7) is 0.989. The van der Waals surface area contributed by atoms with E-state index in [9.17, 15) is 4.79 Å². The summed E-state index contributed by atoms with van der Waals surface area (Å²) in [4.78, 5) is 14.4. The Morgan fingerprint density at radius 2 is 1.93 bits per heavy atom. The molecule has 0 unspecified atom stereocenters. The highest BCUT2D eigenvalue weighted by molar-refractivity contribution is 5.87. The molecule has 0 heterocycles. The zero-order chi connectivity index (χ0) is 10.6. The molecule has 2 bridgehead atoms. The Balaban J connectivity index is 1.81. The molecule has 2 nitrogen and oxygen atoms in total. The molecule has 84 valence electrons. The molecular formula is C13H21NO. The monoisotopic (exact) mass is 207 g/mol. The van der Waals surface area contributed by atoms with Gasteiger partial charge in [0.2, 0.25) is 0 Å². The van der Waals surface area contributed by atoms with E-state index >= 15 is 0 Å². The Labute approximate surface area is 92.0 Å². The number of Topliss-reactive ketones (excluding diaryl/α,β-unsaturated/α-hetero) is 1. The van der Waals surface area contributed by atoms with Gasteiger partial charge < -0.3 is 4.90 Å². The molecule has 3 rings (SSSR count). The second kappa shape index (κ2) is 3.31. The lowest BCUT2D eigenvalue weighted by molar-refractivity contribution is -0.129. The van der Waals surface area contributed by atoms with Crippen molar-refractivity contribution in [1.82, 2.24) is 4.90 Å². The SMILES string of the molecule is CN(C)C[C@H]1C(=O)[C@@H]2C[C@H]1[C@H]1CCC[C@H]12.